The van der Waals surface area contributed by atoms with Crippen molar-refractivity contribution in [3.63, 3.8) is 0 Å². The highest BCUT2D eigenvalue weighted by atomic mass is 79.9. The summed E-state index contributed by atoms with van der Waals surface area (Å²) in [5.41, 5.74) is -0.251. The fourth-order valence-corrected chi connectivity index (χ4v) is 3.38. The van der Waals surface area contributed by atoms with Crippen LogP contribution in [0.2, 0.25) is 0 Å². The van der Waals surface area contributed by atoms with Crippen molar-refractivity contribution in [3.05, 3.63) is 62.1 Å². The lowest BCUT2D eigenvalue weighted by molar-refractivity contribution is -0.384. The predicted octanol–water partition coefficient (Wildman–Crippen LogP) is 3.82. The van der Waals surface area contributed by atoms with E-state index in [1.54, 1.807) is 12.1 Å². The van der Waals surface area contributed by atoms with Gasteiger partial charge in [-0.3, -0.25) is 25.0 Å². The lowest BCUT2D eigenvalue weighted by atomic mass is 10.1. The van der Waals surface area contributed by atoms with Gasteiger partial charge in [0.15, 0.2) is 11.5 Å². The van der Waals surface area contributed by atoms with E-state index in [1.165, 1.54) is 31.4 Å². The van der Waals surface area contributed by atoms with Gasteiger partial charge < -0.3 is 9.47 Å². The first-order chi connectivity index (χ1) is 15.3. The highest BCUT2D eigenvalue weighted by Gasteiger charge is 2.37. The Kier molecular flexibility index (Phi) is 6.89. The maximum atomic E-state index is 13.0. The molecule has 1 fully saturated rings. The molecule has 0 aromatic heterocycles. The van der Waals surface area contributed by atoms with Gasteiger partial charge in [0, 0.05) is 16.6 Å². The molecule has 2 aromatic carbocycles. The van der Waals surface area contributed by atoms with Gasteiger partial charge in [0.2, 0.25) is 0 Å². The number of methoxy groups -OCH3 is 1. The maximum absolute atomic E-state index is 13.0. The zero-order valence-electron chi connectivity index (χ0n) is 17.1. The number of ether oxygens (including phenoxy) is 2. The quantitative estimate of drug-likeness (QED) is 0.263. The van der Waals surface area contributed by atoms with Crippen molar-refractivity contribution >= 4 is 51.2 Å². The zero-order valence-corrected chi connectivity index (χ0v) is 18.7. The summed E-state index contributed by atoms with van der Waals surface area (Å²) in [5.74, 6) is -0.935. The van der Waals surface area contributed by atoms with Crippen molar-refractivity contribution in [1.29, 1.82) is 0 Å². The van der Waals surface area contributed by atoms with E-state index >= 15 is 0 Å². The minimum Gasteiger partial charge on any atom is -0.493 e. The van der Waals surface area contributed by atoms with Crippen LogP contribution in [0.4, 0.5) is 16.2 Å². The van der Waals surface area contributed by atoms with E-state index in [1.807, 2.05) is 6.92 Å². The van der Waals surface area contributed by atoms with Crippen LogP contribution in [-0.2, 0) is 9.59 Å². The number of halogens is 1. The molecule has 1 aliphatic heterocycles. The van der Waals surface area contributed by atoms with Crippen molar-refractivity contribution in [2.24, 2.45) is 0 Å². The van der Waals surface area contributed by atoms with Crippen molar-refractivity contribution in [2.75, 3.05) is 18.6 Å². The molecule has 1 aliphatic rings. The lowest BCUT2D eigenvalue weighted by Crippen LogP contribution is -2.54. The molecule has 10 nitrogen and oxygen atoms in total. The van der Waals surface area contributed by atoms with Crippen molar-refractivity contribution in [1.82, 2.24) is 5.32 Å². The van der Waals surface area contributed by atoms with Crippen LogP contribution in [0.5, 0.6) is 11.5 Å². The van der Waals surface area contributed by atoms with E-state index in [2.05, 4.69) is 21.2 Å². The topological polar surface area (TPSA) is 128 Å². The Hall–Kier alpha value is -3.73. The van der Waals surface area contributed by atoms with Crippen LogP contribution in [0, 0.1) is 10.1 Å². The average molecular weight is 504 g/mol. The summed E-state index contributed by atoms with van der Waals surface area (Å²) in [7, 11) is 1.46. The van der Waals surface area contributed by atoms with E-state index in [4.69, 9.17) is 9.47 Å². The van der Waals surface area contributed by atoms with Crippen molar-refractivity contribution < 1.29 is 28.8 Å². The van der Waals surface area contributed by atoms with Gasteiger partial charge in [-0.2, -0.15) is 0 Å². The zero-order chi connectivity index (χ0) is 23.4. The molecule has 32 heavy (non-hydrogen) atoms. The second kappa shape index (κ2) is 9.60. The molecule has 11 heteroatoms. The average Bonchev–Trinajstić information content (AvgIpc) is 2.76. The number of hydrogen-bond acceptors (Lipinski definition) is 7. The molecule has 1 N–H and O–H groups in total. The normalized spacial score (nSPS) is 15.0. The lowest BCUT2D eigenvalue weighted by Gasteiger charge is -2.26. The maximum Gasteiger partial charge on any atom is 0.335 e. The van der Waals surface area contributed by atoms with E-state index in [0.29, 0.717) is 33.0 Å². The Morgan fingerprint density at radius 2 is 1.94 bits per heavy atom. The predicted molar refractivity (Wildman–Crippen MR) is 119 cm³/mol. The summed E-state index contributed by atoms with van der Waals surface area (Å²) < 4.78 is 11.5. The number of carbonyl (C=O) groups is 3. The molecule has 4 amide bonds. The minimum atomic E-state index is -1.00. The molecule has 0 unspecified atom stereocenters. The number of carbonyl (C=O) groups excluding carboxylic acids is 3. The summed E-state index contributed by atoms with van der Waals surface area (Å²) in [6.07, 6.45) is 2.09. The van der Waals surface area contributed by atoms with Gasteiger partial charge in [-0.05, 0) is 36.3 Å². The standard InChI is InChI=1S/C21H18BrN3O7/c1-3-7-32-18-11-16(22)12(9-17(18)31-2)8-15-19(26)23-21(28)24(20(15)27)13-5-4-6-14(10-13)25(29)30/h4-6,8-11H,3,7H2,1-2H3,(H,23,26,28)/b15-8-. The molecule has 2 aromatic rings. The SMILES string of the molecule is CCCOc1cc(Br)c(/C=C2/C(=O)NC(=O)N(c3cccc([N+](=O)[O-])c3)C2=O)cc1OC. The number of nitro benzene ring substituents is 1. The number of hydrogen-bond donors (Lipinski definition) is 1. The number of rotatable bonds is 7. The Morgan fingerprint density at radius 1 is 1.19 bits per heavy atom. The van der Waals surface area contributed by atoms with Gasteiger partial charge in [0.25, 0.3) is 17.5 Å². The van der Waals surface area contributed by atoms with Gasteiger partial charge in [0.05, 0.1) is 24.3 Å². The van der Waals surface area contributed by atoms with Gasteiger partial charge >= 0.3 is 6.03 Å². The Bertz CT molecular complexity index is 1150. The summed E-state index contributed by atoms with van der Waals surface area (Å²) in [6.45, 7) is 2.44. The second-order valence-electron chi connectivity index (χ2n) is 6.61. The number of nitro groups is 1. The number of non-ortho nitro benzene ring substituents is 1. The summed E-state index contributed by atoms with van der Waals surface area (Å²) >= 11 is 3.39. The van der Waals surface area contributed by atoms with Crippen LogP contribution in [0.25, 0.3) is 6.08 Å². The van der Waals surface area contributed by atoms with Crippen LogP contribution >= 0.6 is 15.9 Å². The largest absolute Gasteiger partial charge is 0.493 e. The van der Waals surface area contributed by atoms with E-state index < -0.39 is 22.8 Å². The molecule has 0 saturated carbocycles. The third kappa shape index (κ3) is 4.62. The number of benzene rings is 2. The number of nitrogens with zero attached hydrogens (tertiary/aromatic N) is 2. The molecule has 0 spiro atoms. The van der Waals surface area contributed by atoms with E-state index in [-0.39, 0.29) is 16.9 Å². The van der Waals surface area contributed by atoms with Gasteiger partial charge in [-0.25, -0.2) is 9.69 Å². The number of imide groups is 2. The first-order valence-electron chi connectivity index (χ1n) is 9.43. The van der Waals surface area contributed by atoms with Gasteiger partial charge in [-0.1, -0.05) is 28.9 Å². The fraction of sp³-hybridized carbons (Fsp3) is 0.190. The number of amides is 4. The number of urea groups is 1. The van der Waals surface area contributed by atoms with Crippen LogP contribution in [0.1, 0.15) is 18.9 Å². The molecule has 0 bridgehead atoms. The number of barbiturate groups is 1. The fourth-order valence-electron chi connectivity index (χ4n) is 2.94. The Labute approximate surface area is 191 Å². The van der Waals surface area contributed by atoms with Crippen LogP contribution in [0.3, 0.4) is 0 Å². The molecule has 1 heterocycles. The van der Waals surface area contributed by atoms with E-state index in [9.17, 15) is 24.5 Å². The molecule has 1 saturated heterocycles. The van der Waals surface area contributed by atoms with Crippen LogP contribution < -0.4 is 19.7 Å². The Morgan fingerprint density at radius 3 is 2.59 bits per heavy atom. The number of nitrogens with one attached hydrogen (secondary N) is 1. The monoisotopic (exact) mass is 503 g/mol. The summed E-state index contributed by atoms with van der Waals surface area (Å²) in [4.78, 5) is 48.9. The molecule has 166 valence electrons. The molecule has 0 radical (unpaired) electrons. The molecule has 0 aliphatic carbocycles. The summed E-state index contributed by atoms with van der Waals surface area (Å²) in [5, 5.41) is 13.1. The van der Waals surface area contributed by atoms with Crippen LogP contribution in [0.15, 0.2) is 46.4 Å². The third-order valence-corrected chi connectivity index (χ3v) is 5.13. The van der Waals surface area contributed by atoms with Crippen molar-refractivity contribution in [3.8, 4) is 11.5 Å². The van der Waals surface area contributed by atoms with Gasteiger partial charge in [0.1, 0.15) is 5.57 Å². The van der Waals surface area contributed by atoms with E-state index in [0.717, 1.165) is 12.5 Å². The molecular formula is C21H18BrN3O7. The molecular weight excluding hydrogens is 486 g/mol. The Balaban J connectivity index is 2.03. The first kappa shape index (κ1) is 22.9. The third-order valence-electron chi connectivity index (χ3n) is 4.44. The number of anilines is 1. The van der Waals surface area contributed by atoms with Gasteiger partial charge in [-0.15, -0.1) is 0 Å². The highest BCUT2D eigenvalue weighted by molar-refractivity contribution is 9.10. The minimum absolute atomic E-state index is 0.0416. The summed E-state index contributed by atoms with van der Waals surface area (Å²) in [6, 6.07) is 7.22. The van der Waals surface area contributed by atoms with Crippen LogP contribution in [-0.4, -0.2) is 36.5 Å². The highest BCUT2D eigenvalue weighted by Crippen LogP contribution is 2.35. The second-order valence-corrected chi connectivity index (χ2v) is 7.46. The first-order valence-corrected chi connectivity index (χ1v) is 10.2. The van der Waals surface area contributed by atoms with Crippen molar-refractivity contribution in [2.45, 2.75) is 13.3 Å². The molecule has 3 rings (SSSR count). The smallest absolute Gasteiger partial charge is 0.335 e. The molecule has 0 atom stereocenters.